The van der Waals surface area contributed by atoms with Gasteiger partial charge in [-0.25, -0.2) is 4.79 Å². The largest absolute Gasteiger partial charge is 0.392 e. The van der Waals surface area contributed by atoms with E-state index in [1.54, 1.807) is 6.92 Å². The minimum absolute atomic E-state index is 0.0615. The molecular weight excluding hydrogens is 316 g/mol. The second-order valence-corrected chi connectivity index (χ2v) is 7.34. The van der Waals surface area contributed by atoms with Crippen LogP contribution in [0.2, 0.25) is 0 Å². The standard InChI is InChI=1S/C19H32N4O2/c1-14(2)21(5)18-8-6-7-17(11-18)20-19(25)23-10-9-22(12-15(23)3)13-16(4)24/h6-8,11,14-16,24H,9-10,12-13H2,1-5H3,(H,20,25)/t15-,16+/m1/s1. The molecule has 0 aliphatic carbocycles. The van der Waals surface area contributed by atoms with Gasteiger partial charge in [0.05, 0.1) is 6.10 Å². The molecule has 6 nitrogen and oxygen atoms in total. The zero-order valence-corrected chi connectivity index (χ0v) is 16.1. The summed E-state index contributed by atoms with van der Waals surface area (Å²) in [5.74, 6) is 0. The van der Waals surface area contributed by atoms with E-state index in [1.165, 1.54) is 0 Å². The summed E-state index contributed by atoms with van der Waals surface area (Å²) in [7, 11) is 2.05. The monoisotopic (exact) mass is 348 g/mol. The summed E-state index contributed by atoms with van der Waals surface area (Å²) >= 11 is 0. The Morgan fingerprint density at radius 1 is 1.36 bits per heavy atom. The fraction of sp³-hybridized carbons (Fsp3) is 0.632. The van der Waals surface area contributed by atoms with Gasteiger partial charge in [-0.2, -0.15) is 0 Å². The van der Waals surface area contributed by atoms with E-state index in [2.05, 4.69) is 42.9 Å². The summed E-state index contributed by atoms with van der Waals surface area (Å²) in [6.45, 7) is 11.0. The van der Waals surface area contributed by atoms with Gasteiger partial charge in [-0.3, -0.25) is 4.90 Å². The Balaban J connectivity index is 1.97. The summed E-state index contributed by atoms with van der Waals surface area (Å²) in [4.78, 5) is 18.9. The van der Waals surface area contributed by atoms with Gasteiger partial charge < -0.3 is 20.2 Å². The second kappa shape index (κ2) is 8.54. The Morgan fingerprint density at radius 2 is 2.08 bits per heavy atom. The van der Waals surface area contributed by atoms with Crippen LogP contribution in [0.1, 0.15) is 27.7 Å². The smallest absolute Gasteiger partial charge is 0.322 e. The lowest BCUT2D eigenvalue weighted by Crippen LogP contribution is -2.56. The van der Waals surface area contributed by atoms with Gasteiger partial charge in [0, 0.05) is 56.7 Å². The van der Waals surface area contributed by atoms with Crippen LogP contribution in [0.4, 0.5) is 16.2 Å². The Bertz CT molecular complexity index is 576. The number of hydrogen-bond donors (Lipinski definition) is 2. The van der Waals surface area contributed by atoms with Crippen LogP contribution in [0.5, 0.6) is 0 Å². The van der Waals surface area contributed by atoms with Gasteiger partial charge in [0.15, 0.2) is 0 Å². The highest BCUT2D eigenvalue weighted by Crippen LogP contribution is 2.21. The average Bonchev–Trinajstić information content (AvgIpc) is 2.53. The van der Waals surface area contributed by atoms with Crippen LogP contribution in [0.3, 0.4) is 0 Å². The third-order valence-corrected chi connectivity index (χ3v) is 4.77. The Morgan fingerprint density at radius 3 is 2.68 bits per heavy atom. The average molecular weight is 348 g/mol. The normalized spacial score (nSPS) is 19.8. The van der Waals surface area contributed by atoms with Crippen molar-refractivity contribution in [1.82, 2.24) is 9.80 Å². The number of β-amino-alcohol motifs (C(OH)–C–C–N with tert-alkyl or cyclic N) is 1. The molecule has 1 heterocycles. The van der Waals surface area contributed by atoms with Gasteiger partial charge in [-0.15, -0.1) is 0 Å². The molecule has 0 saturated carbocycles. The number of anilines is 2. The summed E-state index contributed by atoms with van der Waals surface area (Å²) in [6, 6.07) is 8.40. The summed E-state index contributed by atoms with van der Waals surface area (Å²) in [5, 5.41) is 12.6. The number of aliphatic hydroxyl groups excluding tert-OH is 1. The molecule has 2 atom stereocenters. The van der Waals surface area contributed by atoms with Crippen molar-refractivity contribution >= 4 is 17.4 Å². The fourth-order valence-corrected chi connectivity index (χ4v) is 3.17. The molecule has 2 N–H and O–H groups in total. The highest BCUT2D eigenvalue weighted by atomic mass is 16.3. The van der Waals surface area contributed by atoms with Crippen LogP contribution in [-0.2, 0) is 0 Å². The molecule has 0 radical (unpaired) electrons. The van der Waals surface area contributed by atoms with E-state index in [9.17, 15) is 9.90 Å². The Kier molecular flexibility index (Phi) is 6.67. The van der Waals surface area contributed by atoms with Gasteiger partial charge in [0.2, 0.25) is 0 Å². The zero-order chi connectivity index (χ0) is 18.6. The van der Waals surface area contributed by atoms with Gasteiger partial charge in [0.1, 0.15) is 0 Å². The van der Waals surface area contributed by atoms with Gasteiger partial charge in [-0.1, -0.05) is 6.07 Å². The molecule has 0 spiro atoms. The maximum absolute atomic E-state index is 12.7. The second-order valence-electron chi connectivity index (χ2n) is 7.34. The maximum Gasteiger partial charge on any atom is 0.322 e. The van der Waals surface area contributed by atoms with E-state index in [0.717, 1.165) is 24.5 Å². The van der Waals surface area contributed by atoms with Crippen molar-refractivity contribution in [3.8, 4) is 0 Å². The molecule has 1 saturated heterocycles. The quantitative estimate of drug-likeness (QED) is 0.858. The molecule has 1 aliphatic heterocycles. The van der Waals surface area contributed by atoms with Gasteiger partial charge in [-0.05, 0) is 45.9 Å². The first-order chi connectivity index (χ1) is 11.8. The van der Waals surface area contributed by atoms with E-state index in [-0.39, 0.29) is 18.2 Å². The van der Waals surface area contributed by atoms with Crippen molar-refractivity contribution in [3.63, 3.8) is 0 Å². The van der Waals surface area contributed by atoms with Crippen LogP contribution in [0, 0.1) is 0 Å². The maximum atomic E-state index is 12.7. The molecule has 0 unspecified atom stereocenters. The van der Waals surface area contributed by atoms with E-state index in [1.807, 2.05) is 29.2 Å². The number of rotatable bonds is 5. The number of aliphatic hydroxyl groups is 1. The number of amides is 2. The number of nitrogens with one attached hydrogen (secondary N) is 1. The highest BCUT2D eigenvalue weighted by Gasteiger charge is 2.27. The number of nitrogens with zero attached hydrogens (tertiary/aromatic N) is 3. The molecule has 1 fully saturated rings. The molecule has 2 rings (SSSR count). The van der Waals surface area contributed by atoms with E-state index in [0.29, 0.717) is 19.1 Å². The molecule has 1 aliphatic rings. The SMILES string of the molecule is CC(C)N(C)c1cccc(NC(=O)N2CCN(C[C@H](C)O)C[C@H]2C)c1. The van der Waals surface area contributed by atoms with E-state index >= 15 is 0 Å². The van der Waals surface area contributed by atoms with Crippen LogP contribution in [0.25, 0.3) is 0 Å². The molecule has 6 heteroatoms. The molecule has 0 aromatic heterocycles. The van der Waals surface area contributed by atoms with Crippen molar-refractivity contribution in [2.24, 2.45) is 0 Å². The molecule has 1 aromatic rings. The predicted octanol–water partition coefficient (Wildman–Crippen LogP) is 2.45. The van der Waals surface area contributed by atoms with Crippen molar-refractivity contribution < 1.29 is 9.90 Å². The first-order valence-corrected chi connectivity index (χ1v) is 9.09. The third kappa shape index (κ3) is 5.34. The lowest BCUT2D eigenvalue weighted by Gasteiger charge is -2.40. The van der Waals surface area contributed by atoms with Crippen LogP contribution in [-0.4, -0.2) is 72.4 Å². The minimum Gasteiger partial charge on any atom is -0.392 e. The first kappa shape index (κ1) is 19.5. The first-order valence-electron chi connectivity index (χ1n) is 9.09. The van der Waals surface area contributed by atoms with Crippen LogP contribution in [0.15, 0.2) is 24.3 Å². The highest BCUT2D eigenvalue weighted by molar-refractivity contribution is 5.90. The van der Waals surface area contributed by atoms with Crippen molar-refractivity contribution in [1.29, 1.82) is 0 Å². The minimum atomic E-state index is -0.340. The molecule has 0 bridgehead atoms. The molecule has 140 valence electrons. The fourth-order valence-electron chi connectivity index (χ4n) is 3.17. The lowest BCUT2D eigenvalue weighted by molar-refractivity contribution is 0.0692. The van der Waals surface area contributed by atoms with E-state index < -0.39 is 0 Å². The van der Waals surface area contributed by atoms with E-state index in [4.69, 9.17) is 0 Å². The Labute approximate surface area is 151 Å². The topological polar surface area (TPSA) is 59.1 Å². The summed E-state index contributed by atoms with van der Waals surface area (Å²) in [5.41, 5.74) is 1.90. The van der Waals surface area contributed by atoms with Crippen LogP contribution >= 0.6 is 0 Å². The number of carbonyl (C=O) groups excluding carboxylic acids is 1. The van der Waals surface area contributed by atoms with Gasteiger partial charge in [0.25, 0.3) is 0 Å². The number of benzene rings is 1. The summed E-state index contributed by atoms with van der Waals surface area (Å²) < 4.78 is 0. The lowest BCUT2D eigenvalue weighted by atomic mass is 10.2. The molecular formula is C19H32N4O2. The van der Waals surface area contributed by atoms with Crippen molar-refractivity contribution in [2.75, 3.05) is 43.4 Å². The predicted molar refractivity (Wildman–Crippen MR) is 103 cm³/mol. The van der Waals surface area contributed by atoms with Gasteiger partial charge >= 0.3 is 6.03 Å². The Hall–Kier alpha value is -1.79. The number of carbonyl (C=O) groups is 1. The van der Waals surface area contributed by atoms with Crippen molar-refractivity contribution in [3.05, 3.63) is 24.3 Å². The summed E-state index contributed by atoms with van der Waals surface area (Å²) in [6.07, 6.45) is -0.340. The molecule has 2 amide bonds. The van der Waals surface area contributed by atoms with Crippen LogP contribution < -0.4 is 10.2 Å². The molecule has 1 aromatic carbocycles. The number of piperazine rings is 1. The zero-order valence-electron chi connectivity index (χ0n) is 16.1. The molecule has 25 heavy (non-hydrogen) atoms. The third-order valence-electron chi connectivity index (χ3n) is 4.77. The number of urea groups is 1. The van der Waals surface area contributed by atoms with Crippen molar-refractivity contribution in [2.45, 2.75) is 45.9 Å². The number of hydrogen-bond acceptors (Lipinski definition) is 4.